The van der Waals surface area contributed by atoms with Crippen LogP contribution in [0.25, 0.3) is 0 Å². The van der Waals surface area contributed by atoms with Crippen molar-refractivity contribution in [3.8, 4) is 0 Å². The number of carbonyl (C=O) groups excluding carboxylic acids is 5. The lowest BCUT2D eigenvalue weighted by Crippen LogP contribution is -2.59. The van der Waals surface area contributed by atoms with E-state index in [1.807, 2.05) is 122 Å². The predicted octanol–water partition coefficient (Wildman–Crippen LogP) is 4.83. The van der Waals surface area contributed by atoms with Crippen molar-refractivity contribution in [2.75, 3.05) is 60.8 Å². The summed E-state index contributed by atoms with van der Waals surface area (Å²) in [5, 5.41) is 12.3. The van der Waals surface area contributed by atoms with Gasteiger partial charge in [-0.1, -0.05) is 85.2 Å². The van der Waals surface area contributed by atoms with Crippen LogP contribution in [-0.2, 0) is 35.1 Å². The molecule has 3 rings (SSSR count). The van der Waals surface area contributed by atoms with E-state index in [-0.39, 0.29) is 66.3 Å². The van der Waals surface area contributed by atoms with Crippen LogP contribution >= 0.6 is 0 Å². The zero-order chi connectivity index (χ0) is 46.3. The molecule has 62 heavy (non-hydrogen) atoms. The highest BCUT2D eigenvalue weighted by Gasteiger charge is 2.43. The van der Waals surface area contributed by atoms with Crippen LogP contribution < -0.4 is 21.3 Å². The summed E-state index contributed by atoms with van der Waals surface area (Å²) < 4.78 is 12.1. The molecule has 14 heteroatoms. The minimum Gasteiger partial charge on any atom is -0.388 e. The first kappa shape index (κ1) is 51.8. The van der Waals surface area contributed by atoms with E-state index < -0.39 is 42.3 Å². The maximum atomic E-state index is 14.4. The summed E-state index contributed by atoms with van der Waals surface area (Å²) in [7, 11) is 10.4. The van der Waals surface area contributed by atoms with Crippen LogP contribution in [0.15, 0.2) is 54.6 Å². The van der Waals surface area contributed by atoms with E-state index in [1.54, 1.807) is 38.3 Å². The maximum absolute atomic E-state index is 14.4. The van der Waals surface area contributed by atoms with Gasteiger partial charge in [0.2, 0.25) is 23.6 Å². The molecule has 4 N–H and O–H groups in total. The van der Waals surface area contributed by atoms with Gasteiger partial charge in [0.15, 0.2) is 0 Å². The fourth-order valence-electron chi connectivity index (χ4n) is 8.92. The molecule has 0 aliphatic carbocycles. The van der Waals surface area contributed by atoms with Gasteiger partial charge in [-0.05, 0) is 80.9 Å². The van der Waals surface area contributed by atoms with Crippen LogP contribution in [0.4, 0.5) is 5.69 Å². The molecule has 2 aromatic rings. The molecular formula is C48H77N7O7. The van der Waals surface area contributed by atoms with Gasteiger partial charge in [-0.2, -0.15) is 0 Å². The van der Waals surface area contributed by atoms with E-state index in [0.29, 0.717) is 24.9 Å². The van der Waals surface area contributed by atoms with Crippen molar-refractivity contribution in [2.24, 2.45) is 23.7 Å². The summed E-state index contributed by atoms with van der Waals surface area (Å²) in [6.07, 6.45) is 1.39. The second-order valence-corrected chi connectivity index (χ2v) is 17.9. The van der Waals surface area contributed by atoms with Gasteiger partial charge in [-0.15, -0.1) is 0 Å². The molecule has 0 saturated carbocycles. The van der Waals surface area contributed by atoms with E-state index in [1.165, 1.54) is 0 Å². The number of likely N-dealkylation sites (N-methyl/N-ethyl adjacent to an activating group) is 2. The van der Waals surface area contributed by atoms with E-state index in [2.05, 4.69) is 21.3 Å². The molecule has 1 aliphatic rings. The molecule has 0 spiro atoms. The summed E-state index contributed by atoms with van der Waals surface area (Å²) >= 11 is 0. The topological polar surface area (TPSA) is 162 Å². The summed E-state index contributed by atoms with van der Waals surface area (Å²) in [5.74, 6) is -1.89. The van der Waals surface area contributed by atoms with Gasteiger partial charge in [0.05, 0.1) is 48.7 Å². The number of carbonyl (C=O) groups is 5. The molecule has 1 saturated heterocycles. The fourth-order valence-corrected chi connectivity index (χ4v) is 8.92. The number of methoxy groups -OCH3 is 2. The van der Waals surface area contributed by atoms with Crippen LogP contribution in [0.2, 0.25) is 0 Å². The van der Waals surface area contributed by atoms with Crippen molar-refractivity contribution in [1.82, 2.24) is 30.7 Å². The lowest BCUT2D eigenvalue weighted by atomic mass is 9.89. The van der Waals surface area contributed by atoms with E-state index >= 15 is 0 Å². The first-order valence-electron chi connectivity index (χ1n) is 22.4. The van der Waals surface area contributed by atoms with Crippen molar-refractivity contribution < 1.29 is 33.4 Å². The Hall–Kier alpha value is -4.53. The largest absolute Gasteiger partial charge is 0.388 e. The van der Waals surface area contributed by atoms with Crippen LogP contribution in [-0.4, -0.2) is 142 Å². The summed E-state index contributed by atoms with van der Waals surface area (Å²) in [6.45, 7) is 14.4. The highest BCUT2D eigenvalue weighted by molar-refractivity contribution is 5.94. The fraction of sp³-hybridized carbons (Fsp3) is 0.646. The molecule has 0 bridgehead atoms. The Labute approximate surface area is 371 Å². The number of anilines is 1. The Balaban J connectivity index is 1.78. The highest BCUT2D eigenvalue weighted by Crippen LogP contribution is 2.30. The van der Waals surface area contributed by atoms with Gasteiger partial charge >= 0.3 is 0 Å². The number of rotatable bonds is 24. The van der Waals surface area contributed by atoms with E-state index in [4.69, 9.17) is 9.47 Å². The molecule has 0 unspecified atom stereocenters. The molecule has 2 aromatic carbocycles. The van der Waals surface area contributed by atoms with Crippen LogP contribution in [0.5, 0.6) is 0 Å². The number of nitrogens with one attached hydrogen (secondary N) is 4. The van der Waals surface area contributed by atoms with Crippen molar-refractivity contribution in [1.29, 1.82) is 0 Å². The molecule has 346 valence electrons. The summed E-state index contributed by atoms with van der Waals surface area (Å²) in [5.41, 5.74) is 2.42. The lowest BCUT2D eigenvalue weighted by Gasteiger charge is -2.41. The van der Waals surface area contributed by atoms with Crippen LogP contribution in [0, 0.1) is 23.7 Å². The van der Waals surface area contributed by atoms with Crippen LogP contribution in [0.1, 0.15) is 90.1 Å². The molecule has 14 nitrogen and oxygen atoms in total. The monoisotopic (exact) mass is 864 g/mol. The minimum atomic E-state index is -0.772. The Bertz CT molecular complexity index is 1720. The van der Waals surface area contributed by atoms with Gasteiger partial charge in [0.1, 0.15) is 6.04 Å². The third-order valence-corrected chi connectivity index (χ3v) is 12.6. The number of amides is 5. The molecule has 1 fully saturated rings. The minimum absolute atomic E-state index is 0.0158. The summed E-state index contributed by atoms with van der Waals surface area (Å²) in [6, 6.07) is 14.5. The number of hydrogen-bond acceptors (Lipinski definition) is 9. The molecule has 1 aliphatic heterocycles. The molecule has 9 atom stereocenters. The predicted molar refractivity (Wildman–Crippen MR) is 246 cm³/mol. The van der Waals surface area contributed by atoms with E-state index in [0.717, 1.165) is 24.1 Å². The van der Waals surface area contributed by atoms with Crippen molar-refractivity contribution in [3.63, 3.8) is 0 Å². The van der Waals surface area contributed by atoms with Gasteiger partial charge < -0.3 is 40.5 Å². The quantitative estimate of drug-likeness (QED) is 0.116. The average molecular weight is 864 g/mol. The third kappa shape index (κ3) is 14.0. The number of hydrogen-bond donors (Lipinski definition) is 4. The van der Waals surface area contributed by atoms with Gasteiger partial charge in [-0.25, -0.2) is 0 Å². The molecule has 0 radical (unpaired) electrons. The second-order valence-electron chi connectivity index (χ2n) is 17.9. The lowest BCUT2D eigenvalue weighted by molar-refractivity contribution is -0.148. The first-order chi connectivity index (χ1) is 29.4. The van der Waals surface area contributed by atoms with Crippen LogP contribution in [0.3, 0.4) is 0 Å². The zero-order valence-electron chi connectivity index (χ0n) is 39.7. The van der Waals surface area contributed by atoms with Crippen molar-refractivity contribution in [2.45, 2.75) is 123 Å². The SMILES string of the molecule is CC[C@H](C)[C@@H]([C@@H](CC(=O)N1CCC[C@H]1[C@H](OC)[C@@H](C)C(=O)N[C@H](CNC(=O)c1ccc(NC)cc1)Cc1ccccc1)OC)N(C)C(=O)[C@@H](NC(=O)[C@H](C(C)C)N(C)C)C(C)C. The first-order valence-corrected chi connectivity index (χ1v) is 22.4. The summed E-state index contributed by atoms with van der Waals surface area (Å²) in [4.78, 5) is 74.8. The zero-order valence-corrected chi connectivity index (χ0v) is 39.7. The molecule has 1 heterocycles. The molecular weight excluding hydrogens is 787 g/mol. The van der Waals surface area contributed by atoms with Gasteiger partial charge in [0, 0.05) is 52.7 Å². The number of benzene rings is 2. The van der Waals surface area contributed by atoms with Gasteiger partial charge in [-0.3, -0.25) is 28.9 Å². The average Bonchev–Trinajstić information content (AvgIpc) is 3.73. The smallest absolute Gasteiger partial charge is 0.251 e. The van der Waals surface area contributed by atoms with Gasteiger partial charge in [0.25, 0.3) is 5.91 Å². The molecule has 5 amide bonds. The molecule has 0 aromatic heterocycles. The number of ether oxygens (including phenoxy) is 2. The second kappa shape index (κ2) is 24.9. The Morgan fingerprint density at radius 2 is 1.48 bits per heavy atom. The maximum Gasteiger partial charge on any atom is 0.251 e. The normalized spacial score (nSPS) is 18.0. The Morgan fingerprint density at radius 1 is 0.839 bits per heavy atom. The highest BCUT2D eigenvalue weighted by atomic mass is 16.5. The Kier molecular flexibility index (Phi) is 20.8. The van der Waals surface area contributed by atoms with Crippen molar-refractivity contribution >= 4 is 35.2 Å². The standard InChI is InChI=1S/C48H77N7O7/c1-14-32(6)43(54(11)48(60)41(30(2)3)52-47(59)42(31(4)5)53(9)10)39(61-12)28-40(56)55-26-18-21-38(55)44(62-13)33(7)45(57)51-37(27-34-19-16-15-17-20-34)29-50-46(58)35-22-24-36(49-8)25-23-35/h15-17,19-20,22-25,30-33,37-39,41-44,49H,14,18,21,26-29H2,1-13H3,(H,50,58)(H,51,57)(H,52,59)/t32-,33+,37-,38-,39+,41-,42-,43-,44+/m0/s1. The Morgan fingerprint density at radius 3 is 2.02 bits per heavy atom. The number of likely N-dealkylation sites (tertiary alicyclic amines) is 1. The van der Waals surface area contributed by atoms with E-state index in [9.17, 15) is 24.0 Å². The number of nitrogens with zero attached hydrogens (tertiary/aromatic N) is 3. The van der Waals surface area contributed by atoms with Crippen molar-refractivity contribution in [3.05, 3.63) is 65.7 Å². The third-order valence-electron chi connectivity index (χ3n) is 12.6.